The fourth-order valence-electron chi connectivity index (χ4n) is 0.584. The maximum absolute atomic E-state index is 12.6. The molecule has 0 heterocycles. The molecule has 0 aliphatic carbocycles. The van der Waals surface area contributed by atoms with Crippen LogP contribution in [-0.4, -0.2) is 11.1 Å². The molecule has 2 nitrogen and oxygen atoms in total. The van der Waals surface area contributed by atoms with E-state index in [0.29, 0.717) is 0 Å². The first-order chi connectivity index (χ1) is 5.11. The summed E-state index contributed by atoms with van der Waals surface area (Å²) in [6.07, 6.45) is 0. The van der Waals surface area contributed by atoms with E-state index in [1.54, 1.807) is 0 Å². The summed E-state index contributed by atoms with van der Waals surface area (Å²) in [6.45, 7) is 0. The molecule has 1 aromatic rings. The van der Waals surface area contributed by atoms with Crippen molar-refractivity contribution in [2.24, 2.45) is 0 Å². The Balaban J connectivity index is 3.20. The average molecular weight is 141 g/mol. The van der Waals surface area contributed by atoms with Gasteiger partial charge in [0.1, 0.15) is 5.82 Å². The minimum Gasteiger partial charge on any atom is -0.478 e. The van der Waals surface area contributed by atoms with Crippen molar-refractivity contribution in [3.05, 3.63) is 35.6 Å². The van der Waals surface area contributed by atoms with Crippen LogP contribution in [0.25, 0.3) is 0 Å². The second-order valence-corrected chi connectivity index (χ2v) is 1.71. The van der Waals surface area contributed by atoms with Crippen molar-refractivity contribution in [1.29, 1.82) is 0 Å². The highest BCUT2D eigenvalue weighted by Gasteiger charge is 2.06. The molecule has 0 fully saturated rings. The van der Waals surface area contributed by atoms with Gasteiger partial charge in [-0.15, -0.1) is 0 Å². The zero-order chi connectivity index (χ0) is 8.43. The highest BCUT2D eigenvalue weighted by Crippen LogP contribution is 2.04. The van der Waals surface area contributed by atoms with Crippen LogP contribution in [-0.2, 0) is 0 Å². The first-order valence-electron chi connectivity index (χ1n) is 3.10. The van der Waals surface area contributed by atoms with Crippen molar-refractivity contribution >= 4 is 5.97 Å². The molecule has 0 aliphatic rings. The lowest BCUT2D eigenvalue weighted by atomic mass is 10.2. The van der Waals surface area contributed by atoms with Gasteiger partial charge in [0.15, 0.2) is 0 Å². The van der Waals surface area contributed by atoms with E-state index in [2.05, 4.69) is 0 Å². The normalized spacial score (nSPS) is 10.7. The van der Waals surface area contributed by atoms with E-state index in [-0.39, 0.29) is 6.04 Å². The highest BCUT2D eigenvalue weighted by molar-refractivity contribution is 5.87. The number of carboxylic acid groups (broad SMARTS) is 1. The third kappa shape index (κ3) is 1.13. The third-order valence-electron chi connectivity index (χ3n) is 1.04. The molecule has 0 saturated carbocycles. The molecule has 1 rings (SSSR count). The average Bonchev–Trinajstić information content (AvgIpc) is 1.85. The predicted octanol–water partition coefficient (Wildman–Crippen LogP) is 1.52. The molecule has 0 bridgehead atoms. The fourth-order valence-corrected chi connectivity index (χ4v) is 0.584. The van der Waals surface area contributed by atoms with Crippen LogP contribution in [0.5, 0.6) is 0 Å². The second-order valence-electron chi connectivity index (χ2n) is 1.71. The van der Waals surface area contributed by atoms with Crippen molar-refractivity contribution < 1.29 is 15.7 Å². The summed E-state index contributed by atoms with van der Waals surface area (Å²) in [7, 11) is 0. The molecule has 1 N–H and O–H groups in total. The number of hydrogen-bond donors (Lipinski definition) is 1. The number of carbonyl (C=O) groups is 1. The van der Waals surface area contributed by atoms with Crippen molar-refractivity contribution in [3.63, 3.8) is 0 Å². The summed E-state index contributed by atoms with van der Waals surface area (Å²) in [5.74, 6) is -2.19. The molecule has 52 valence electrons. The number of aromatic carboxylic acids is 1. The molecule has 0 aromatic heterocycles. The Labute approximate surface area is 58.3 Å². The fraction of sp³-hybridized carbons (Fsp3) is 0. The van der Waals surface area contributed by atoms with Crippen LogP contribution in [0.2, 0.25) is 0 Å². The Morgan fingerprint density at radius 1 is 1.70 bits per heavy atom. The maximum atomic E-state index is 12.6. The molecular formula is C7H5FO2. The van der Waals surface area contributed by atoms with Gasteiger partial charge in [-0.25, -0.2) is 9.18 Å². The summed E-state index contributed by atoms with van der Waals surface area (Å²) in [5.41, 5.74) is -0.402. The lowest BCUT2D eigenvalue weighted by molar-refractivity contribution is 0.0692. The van der Waals surface area contributed by atoms with Crippen LogP contribution >= 0.6 is 0 Å². The van der Waals surface area contributed by atoms with Gasteiger partial charge in [0.05, 0.1) is 6.93 Å². The molecule has 0 saturated heterocycles. The first-order valence-corrected chi connectivity index (χ1v) is 2.60. The third-order valence-corrected chi connectivity index (χ3v) is 1.04. The first kappa shape index (κ1) is 5.41. The number of hydrogen-bond acceptors (Lipinski definition) is 1. The Kier molecular flexibility index (Phi) is 1.34. The Hall–Kier alpha value is -1.38. The molecule has 3 heteroatoms. The van der Waals surface area contributed by atoms with Gasteiger partial charge < -0.3 is 5.11 Å². The summed E-state index contributed by atoms with van der Waals surface area (Å²) < 4.78 is 19.5. The number of carboxylic acids is 1. The Bertz CT molecular complexity index is 298. The number of halogens is 1. The lowest BCUT2D eigenvalue weighted by Gasteiger charge is -1.92. The monoisotopic (exact) mass is 141 g/mol. The molecule has 0 amide bonds. The molecular weight excluding hydrogens is 135 g/mol. The summed E-state index contributed by atoms with van der Waals surface area (Å²) in [4.78, 5) is 10.2. The maximum Gasteiger partial charge on any atom is 0.338 e. The zero-order valence-corrected chi connectivity index (χ0v) is 4.97. The van der Waals surface area contributed by atoms with Crippen LogP contribution in [0.3, 0.4) is 0 Å². The van der Waals surface area contributed by atoms with Crippen LogP contribution < -0.4 is 0 Å². The zero-order valence-electron chi connectivity index (χ0n) is 5.97. The highest BCUT2D eigenvalue weighted by atomic mass is 19.1. The molecule has 0 atom stereocenters. The van der Waals surface area contributed by atoms with Crippen LogP contribution in [0, 0.1) is 5.82 Å². The topological polar surface area (TPSA) is 37.3 Å². The molecule has 10 heavy (non-hydrogen) atoms. The molecule has 0 spiro atoms. The summed E-state index contributed by atoms with van der Waals surface area (Å²) in [5, 5.41) is 8.36. The van der Waals surface area contributed by atoms with E-state index in [0.717, 1.165) is 12.1 Å². The largest absolute Gasteiger partial charge is 0.478 e. The van der Waals surface area contributed by atoms with Gasteiger partial charge in [0.25, 0.3) is 0 Å². The number of benzene rings is 1. The standard InChI is InChI=1S/C7H5FO2/c8-6-4-2-1-3-5(6)7(9)10/h1-4H,(H,9,10)/i2D. The van der Waals surface area contributed by atoms with Gasteiger partial charge >= 0.3 is 5.97 Å². The van der Waals surface area contributed by atoms with Crippen LogP contribution in [0.15, 0.2) is 24.2 Å². The van der Waals surface area contributed by atoms with Gasteiger partial charge in [-0.05, 0) is 12.1 Å². The van der Waals surface area contributed by atoms with E-state index in [1.807, 2.05) is 0 Å². The van der Waals surface area contributed by atoms with Gasteiger partial charge in [-0.3, -0.25) is 0 Å². The van der Waals surface area contributed by atoms with Gasteiger partial charge in [-0.1, -0.05) is 12.1 Å². The summed E-state index contributed by atoms with van der Waals surface area (Å²) in [6, 6.07) is 3.13. The lowest BCUT2D eigenvalue weighted by Crippen LogP contribution is -1.98. The van der Waals surface area contributed by atoms with Crippen molar-refractivity contribution in [2.45, 2.75) is 0 Å². The minimum atomic E-state index is -1.32. The van der Waals surface area contributed by atoms with E-state index in [1.165, 1.54) is 6.07 Å². The van der Waals surface area contributed by atoms with Gasteiger partial charge in [0, 0.05) is 0 Å². The van der Waals surface area contributed by atoms with Crippen LogP contribution in [0.4, 0.5) is 4.39 Å². The Morgan fingerprint density at radius 3 is 2.90 bits per heavy atom. The van der Waals surface area contributed by atoms with E-state index in [4.69, 9.17) is 6.48 Å². The van der Waals surface area contributed by atoms with Crippen molar-refractivity contribution in [3.8, 4) is 0 Å². The van der Waals surface area contributed by atoms with Crippen molar-refractivity contribution in [1.82, 2.24) is 0 Å². The second kappa shape index (κ2) is 2.47. The number of rotatable bonds is 1. The molecule has 0 radical (unpaired) electrons. The van der Waals surface area contributed by atoms with Gasteiger partial charge in [-0.2, -0.15) is 0 Å². The Morgan fingerprint density at radius 2 is 2.40 bits per heavy atom. The minimum absolute atomic E-state index is 0.0347. The van der Waals surface area contributed by atoms with Crippen LogP contribution in [0.1, 0.15) is 11.7 Å². The van der Waals surface area contributed by atoms with E-state index in [9.17, 15) is 9.18 Å². The molecule has 0 aliphatic heterocycles. The smallest absolute Gasteiger partial charge is 0.338 e. The quantitative estimate of drug-likeness (QED) is 0.643. The van der Waals surface area contributed by atoms with Crippen molar-refractivity contribution in [2.75, 3.05) is 0 Å². The predicted molar refractivity (Wildman–Crippen MR) is 33.4 cm³/mol. The van der Waals surface area contributed by atoms with Gasteiger partial charge in [0.2, 0.25) is 0 Å². The summed E-state index contributed by atoms with van der Waals surface area (Å²) >= 11 is 0. The van der Waals surface area contributed by atoms with E-state index >= 15 is 0 Å². The molecule has 1 aromatic carbocycles. The molecule has 0 unspecified atom stereocenters. The SMILES string of the molecule is [2H]c1ccc(C(=O)O)c(F)c1. The van der Waals surface area contributed by atoms with E-state index < -0.39 is 17.3 Å².